The van der Waals surface area contributed by atoms with Gasteiger partial charge in [0, 0.05) is 31.1 Å². The van der Waals surface area contributed by atoms with E-state index in [2.05, 4.69) is 10.3 Å². The molecule has 0 spiro atoms. The minimum absolute atomic E-state index is 0.0665. The number of amides is 1. The standard InChI is InChI=1S/C16H24FN3O/c1-11(2)16(21)20-8-6-14(7-9-20)19-12(3)15-5-4-13(17)10-18-15/h4-5,10-12,14,19H,6-9H2,1-3H3. The lowest BCUT2D eigenvalue weighted by Gasteiger charge is -2.34. The molecule has 1 aliphatic heterocycles. The van der Waals surface area contributed by atoms with Gasteiger partial charge in [0.15, 0.2) is 0 Å². The molecule has 21 heavy (non-hydrogen) atoms. The van der Waals surface area contributed by atoms with Crippen molar-refractivity contribution in [2.24, 2.45) is 5.92 Å². The minimum Gasteiger partial charge on any atom is -0.342 e. The largest absolute Gasteiger partial charge is 0.342 e. The maximum Gasteiger partial charge on any atom is 0.225 e. The van der Waals surface area contributed by atoms with Crippen LogP contribution >= 0.6 is 0 Å². The zero-order chi connectivity index (χ0) is 15.4. The molecule has 1 unspecified atom stereocenters. The fourth-order valence-corrected chi connectivity index (χ4v) is 2.71. The summed E-state index contributed by atoms with van der Waals surface area (Å²) < 4.78 is 12.9. The number of halogens is 1. The molecule has 1 aliphatic rings. The molecule has 2 rings (SSSR count). The predicted molar refractivity (Wildman–Crippen MR) is 80.2 cm³/mol. The Balaban J connectivity index is 1.83. The second-order valence-corrected chi connectivity index (χ2v) is 6.04. The molecule has 1 saturated heterocycles. The number of hydrogen-bond acceptors (Lipinski definition) is 3. The average Bonchev–Trinajstić information content (AvgIpc) is 2.47. The van der Waals surface area contributed by atoms with E-state index in [1.165, 1.54) is 12.3 Å². The number of aromatic nitrogens is 1. The first-order valence-corrected chi connectivity index (χ1v) is 7.63. The summed E-state index contributed by atoms with van der Waals surface area (Å²) in [5.41, 5.74) is 0.845. The number of nitrogens with one attached hydrogen (secondary N) is 1. The van der Waals surface area contributed by atoms with Gasteiger partial charge in [-0.15, -0.1) is 0 Å². The molecule has 1 aromatic rings. The highest BCUT2D eigenvalue weighted by Gasteiger charge is 2.25. The number of likely N-dealkylation sites (tertiary alicyclic amines) is 1. The van der Waals surface area contributed by atoms with E-state index in [0.29, 0.717) is 6.04 Å². The molecule has 1 aromatic heterocycles. The first-order valence-electron chi connectivity index (χ1n) is 7.63. The molecule has 2 heterocycles. The third kappa shape index (κ3) is 4.24. The van der Waals surface area contributed by atoms with E-state index < -0.39 is 0 Å². The van der Waals surface area contributed by atoms with Crippen LogP contribution in [0.3, 0.4) is 0 Å². The van der Waals surface area contributed by atoms with Gasteiger partial charge >= 0.3 is 0 Å². The number of pyridine rings is 1. The summed E-state index contributed by atoms with van der Waals surface area (Å²) in [4.78, 5) is 18.0. The van der Waals surface area contributed by atoms with Crippen molar-refractivity contribution in [1.82, 2.24) is 15.2 Å². The maximum absolute atomic E-state index is 12.9. The summed E-state index contributed by atoms with van der Waals surface area (Å²) in [6.45, 7) is 7.52. The second kappa shape index (κ2) is 6.98. The van der Waals surface area contributed by atoms with E-state index in [0.717, 1.165) is 31.6 Å². The van der Waals surface area contributed by atoms with Crippen molar-refractivity contribution in [2.75, 3.05) is 13.1 Å². The quantitative estimate of drug-likeness (QED) is 0.928. The molecule has 4 nitrogen and oxygen atoms in total. The van der Waals surface area contributed by atoms with Gasteiger partial charge in [-0.3, -0.25) is 9.78 Å². The molecule has 1 N–H and O–H groups in total. The Morgan fingerprint density at radius 1 is 1.33 bits per heavy atom. The van der Waals surface area contributed by atoms with Crippen LogP contribution in [0.25, 0.3) is 0 Å². The zero-order valence-corrected chi connectivity index (χ0v) is 13.0. The van der Waals surface area contributed by atoms with Crippen LogP contribution in [0.5, 0.6) is 0 Å². The fraction of sp³-hybridized carbons (Fsp3) is 0.625. The molecular formula is C16H24FN3O. The van der Waals surface area contributed by atoms with Gasteiger partial charge in [-0.05, 0) is 31.9 Å². The van der Waals surface area contributed by atoms with E-state index in [1.54, 1.807) is 6.07 Å². The Morgan fingerprint density at radius 2 is 2.00 bits per heavy atom. The first kappa shape index (κ1) is 15.9. The molecule has 1 amide bonds. The monoisotopic (exact) mass is 293 g/mol. The lowest BCUT2D eigenvalue weighted by atomic mass is 10.0. The number of piperidine rings is 1. The summed E-state index contributed by atoms with van der Waals surface area (Å²) >= 11 is 0. The van der Waals surface area contributed by atoms with Gasteiger partial charge < -0.3 is 10.2 Å². The predicted octanol–water partition coefficient (Wildman–Crippen LogP) is 2.52. The third-order valence-electron chi connectivity index (χ3n) is 3.98. The molecular weight excluding hydrogens is 269 g/mol. The molecule has 0 saturated carbocycles. The van der Waals surface area contributed by atoms with E-state index in [4.69, 9.17) is 0 Å². The van der Waals surface area contributed by atoms with Crippen LogP contribution in [0.2, 0.25) is 0 Å². The number of nitrogens with zero attached hydrogens (tertiary/aromatic N) is 2. The normalized spacial score (nSPS) is 18.0. The number of hydrogen-bond donors (Lipinski definition) is 1. The molecule has 0 bridgehead atoms. The van der Waals surface area contributed by atoms with E-state index >= 15 is 0 Å². The Hall–Kier alpha value is -1.49. The van der Waals surface area contributed by atoms with Crippen molar-refractivity contribution in [1.29, 1.82) is 0 Å². The highest BCUT2D eigenvalue weighted by atomic mass is 19.1. The van der Waals surface area contributed by atoms with Crippen LogP contribution in [-0.4, -0.2) is 34.9 Å². The lowest BCUT2D eigenvalue weighted by Crippen LogP contribution is -2.46. The summed E-state index contributed by atoms with van der Waals surface area (Å²) in [6, 6.07) is 3.61. The SMILES string of the molecule is CC(C)C(=O)N1CCC(NC(C)c2ccc(F)cn2)CC1. The molecule has 0 aliphatic carbocycles. The van der Waals surface area contributed by atoms with Gasteiger partial charge in [-0.2, -0.15) is 0 Å². The Labute approximate surface area is 125 Å². The van der Waals surface area contributed by atoms with Crippen LogP contribution in [-0.2, 0) is 4.79 Å². The minimum atomic E-state index is -0.313. The number of carbonyl (C=O) groups excluding carboxylic acids is 1. The first-order chi connectivity index (χ1) is 9.97. The van der Waals surface area contributed by atoms with Crippen molar-refractivity contribution in [3.8, 4) is 0 Å². The van der Waals surface area contributed by atoms with Crippen LogP contribution in [0.1, 0.15) is 45.3 Å². The summed E-state index contributed by atoms with van der Waals surface area (Å²) in [6.07, 6.45) is 3.14. The molecule has 5 heteroatoms. The van der Waals surface area contributed by atoms with Crippen molar-refractivity contribution >= 4 is 5.91 Å². The molecule has 0 radical (unpaired) electrons. The van der Waals surface area contributed by atoms with Crippen molar-refractivity contribution in [2.45, 2.75) is 45.7 Å². The van der Waals surface area contributed by atoms with Crippen LogP contribution < -0.4 is 5.32 Å². The number of carbonyl (C=O) groups is 1. The van der Waals surface area contributed by atoms with Gasteiger partial charge in [0.05, 0.1) is 11.9 Å². The second-order valence-electron chi connectivity index (χ2n) is 6.04. The van der Waals surface area contributed by atoms with Crippen LogP contribution in [0, 0.1) is 11.7 Å². The van der Waals surface area contributed by atoms with E-state index in [-0.39, 0.29) is 23.7 Å². The van der Waals surface area contributed by atoms with E-state index in [1.807, 2.05) is 25.7 Å². The van der Waals surface area contributed by atoms with Crippen molar-refractivity contribution in [3.05, 3.63) is 29.8 Å². The Kier molecular flexibility index (Phi) is 5.28. The topological polar surface area (TPSA) is 45.2 Å². The van der Waals surface area contributed by atoms with Crippen molar-refractivity contribution < 1.29 is 9.18 Å². The summed E-state index contributed by atoms with van der Waals surface area (Å²) in [7, 11) is 0. The fourth-order valence-electron chi connectivity index (χ4n) is 2.71. The third-order valence-corrected chi connectivity index (χ3v) is 3.98. The average molecular weight is 293 g/mol. The smallest absolute Gasteiger partial charge is 0.225 e. The lowest BCUT2D eigenvalue weighted by molar-refractivity contribution is -0.135. The van der Waals surface area contributed by atoms with Gasteiger partial charge in [0.2, 0.25) is 5.91 Å². The van der Waals surface area contributed by atoms with Crippen LogP contribution in [0.4, 0.5) is 4.39 Å². The molecule has 0 aromatic carbocycles. The highest BCUT2D eigenvalue weighted by Crippen LogP contribution is 2.17. The summed E-state index contributed by atoms with van der Waals surface area (Å²) in [5.74, 6) is -0.00926. The maximum atomic E-state index is 12.9. The number of rotatable bonds is 4. The van der Waals surface area contributed by atoms with Crippen LogP contribution in [0.15, 0.2) is 18.3 Å². The zero-order valence-electron chi connectivity index (χ0n) is 13.0. The molecule has 1 atom stereocenters. The summed E-state index contributed by atoms with van der Waals surface area (Å²) in [5, 5.41) is 3.52. The van der Waals surface area contributed by atoms with E-state index in [9.17, 15) is 9.18 Å². The van der Waals surface area contributed by atoms with Gasteiger partial charge in [-0.1, -0.05) is 13.8 Å². The van der Waals surface area contributed by atoms with Gasteiger partial charge in [-0.25, -0.2) is 4.39 Å². The molecule has 116 valence electrons. The van der Waals surface area contributed by atoms with Gasteiger partial charge in [0.1, 0.15) is 5.82 Å². The Morgan fingerprint density at radius 3 is 2.52 bits per heavy atom. The molecule has 1 fully saturated rings. The highest BCUT2D eigenvalue weighted by molar-refractivity contribution is 5.78. The van der Waals surface area contributed by atoms with Gasteiger partial charge in [0.25, 0.3) is 0 Å². The Bertz CT molecular complexity index is 467. The van der Waals surface area contributed by atoms with Crippen molar-refractivity contribution in [3.63, 3.8) is 0 Å².